The molecule has 0 bridgehead atoms. The minimum Gasteiger partial charge on any atom is -0.389 e. The van der Waals surface area contributed by atoms with E-state index < -0.39 is 5.82 Å². The fourth-order valence-corrected chi connectivity index (χ4v) is 2.21. The van der Waals surface area contributed by atoms with Gasteiger partial charge in [0.2, 0.25) is 0 Å². The van der Waals surface area contributed by atoms with Gasteiger partial charge in [-0.1, -0.05) is 18.3 Å². The van der Waals surface area contributed by atoms with Crippen molar-refractivity contribution in [3.8, 4) is 0 Å². The van der Waals surface area contributed by atoms with Crippen molar-refractivity contribution in [2.45, 2.75) is 13.8 Å². The summed E-state index contributed by atoms with van der Waals surface area (Å²) in [5.74, 6) is -0.405. The van der Waals surface area contributed by atoms with E-state index in [0.29, 0.717) is 45.2 Å². The van der Waals surface area contributed by atoms with Gasteiger partial charge in [-0.25, -0.2) is 4.39 Å². The Morgan fingerprint density at radius 1 is 1.19 bits per heavy atom. The third kappa shape index (κ3) is 5.57. The molecule has 1 aromatic carbocycles. The van der Waals surface area contributed by atoms with Crippen molar-refractivity contribution in [2.24, 2.45) is 5.73 Å². The lowest BCUT2D eigenvalue weighted by Crippen LogP contribution is -2.33. The van der Waals surface area contributed by atoms with Crippen molar-refractivity contribution < 1.29 is 13.9 Å². The summed E-state index contributed by atoms with van der Waals surface area (Å²) in [6.45, 7) is 7.52. The van der Waals surface area contributed by atoms with Gasteiger partial charge in [0.25, 0.3) is 0 Å². The third-order valence-corrected chi connectivity index (χ3v) is 3.20. The Bertz CT molecular complexity index is 447. The summed E-state index contributed by atoms with van der Waals surface area (Å²) in [6, 6.07) is 4.83. The maximum atomic E-state index is 14.0. The average molecular weight is 314 g/mol. The van der Waals surface area contributed by atoms with Crippen LogP contribution in [0.4, 0.5) is 10.1 Å². The highest BCUT2D eigenvalue weighted by Gasteiger charge is 2.16. The van der Waals surface area contributed by atoms with E-state index in [1.807, 2.05) is 24.8 Å². The van der Waals surface area contributed by atoms with Crippen LogP contribution < -0.4 is 10.6 Å². The minimum atomic E-state index is -0.405. The molecule has 2 N–H and O–H groups in total. The lowest BCUT2D eigenvalue weighted by Gasteiger charge is -2.27. The summed E-state index contributed by atoms with van der Waals surface area (Å²) in [5.41, 5.74) is 6.63. The first-order chi connectivity index (χ1) is 10.1. The van der Waals surface area contributed by atoms with Crippen molar-refractivity contribution in [3.05, 3.63) is 29.6 Å². The first kappa shape index (κ1) is 17.8. The molecule has 0 atom stereocenters. The van der Waals surface area contributed by atoms with Gasteiger partial charge >= 0.3 is 0 Å². The van der Waals surface area contributed by atoms with Crippen LogP contribution in [0.5, 0.6) is 0 Å². The predicted molar refractivity (Wildman–Crippen MR) is 87.5 cm³/mol. The van der Waals surface area contributed by atoms with Crippen molar-refractivity contribution in [2.75, 3.05) is 44.4 Å². The molecule has 0 aliphatic carbocycles. The van der Waals surface area contributed by atoms with E-state index in [-0.39, 0.29) is 10.6 Å². The molecule has 1 rings (SSSR count). The predicted octanol–water partition coefficient (Wildman–Crippen LogP) is 2.34. The lowest BCUT2D eigenvalue weighted by atomic mass is 10.1. The Balaban J connectivity index is 2.95. The molecular formula is C15H23FN2O2S. The number of thiocarbonyl (C=S) groups is 1. The van der Waals surface area contributed by atoms with Crippen LogP contribution in [-0.4, -0.2) is 44.5 Å². The Labute approximate surface area is 131 Å². The molecule has 0 amide bonds. The zero-order valence-corrected chi connectivity index (χ0v) is 13.4. The van der Waals surface area contributed by atoms with Crippen LogP contribution in [-0.2, 0) is 9.47 Å². The Morgan fingerprint density at radius 2 is 1.76 bits per heavy atom. The molecule has 0 saturated carbocycles. The number of ether oxygens (including phenoxy) is 2. The van der Waals surface area contributed by atoms with Gasteiger partial charge in [-0.3, -0.25) is 0 Å². The van der Waals surface area contributed by atoms with Crippen LogP contribution in [0.25, 0.3) is 0 Å². The van der Waals surface area contributed by atoms with Crippen LogP contribution >= 0.6 is 12.2 Å². The largest absolute Gasteiger partial charge is 0.389 e. The molecule has 0 fully saturated rings. The van der Waals surface area contributed by atoms with Gasteiger partial charge in [-0.2, -0.15) is 0 Å². The Morgan fingerprint density at radius 3 is 2.24 bits per heavy atom. The summed E-state index contributed by atoms with van der Waals surface area (Å²) in [6.07, 6.45) is 0. The molecule has 0 heterocycles. The first-order valence-corrected chi connectivity index (χ1v) is 7.51. The number of nitrogens with two attached hydrogens (primary N) is 1. The quantitative estimate of drug-likeness (QED) is 0.530. The molecule has 0 unspecified atom stereocenters. The highest BCUT2D eigenvalue weighted by molar-refractivity contribution is 7.80. The zero-order chi connectivity index (χ0) is 15.7. The third-order valence-electron chi connectivity index (χ3n) is 3.00. The van der Waals surface area contributed by atoms with Gasteiger partial charge in [-0.15, -0.1) is 0 Å². The van der Waals surface area contributed by atoms with Crippen LogP contribution in [0.2, 0.25) is 0 Å². The first-order valence-electron chi connectivity index (χ1n) is 7.10. The summed E-state index contributed by atoms with van der Waals surface area (Å²) in [4.78, 5) is 2.05. The Hall–Kier alpha value is -1.24. The van der Waals surface area contributed by atoms with Crippen molar-refractivity contribution >= 4 is 22.9 Å². The summed E-state index contributed by atoms with van der Waals surface area (Å²) in [7, 11) is 0. The fourth-order valence-electron chi connectivity index (χ4n) is 2.01. The van der Waals surface area contributed by atoms with Crippen LogP contribution in [0.1, 0.15) is 19.4 Å². The van der Waals surface area contributed by atoms with E-state index >= 15 is 0 Å². The van der Waals surface area contributed by atoms with Gasteiger partial charge in [0.1, 0.15) is 10.8 Å². The number of rotatable bonds is 10. The average Bonchev–Trinajstić information content (AvgIpc) is 2.45. The second-order valence-electron chi connectivity index (χ2n) is 4.38. The molecule has 0 aromatic heterocycles. The van der Waals surface area contributed by atoms with Crippen molar-refractivity contribution in [1.29, 1.82) is 0 Å². The number of benzene rings is 1. The second-order valence-corrected chi connectivity index (χ2v) is 4.82. The molecule has 118 valence electrons. The molecular weight excluding hydrogens is 291 g/mol. The van der Waals surface area contributed by atoms with Crippen LogP contribution in [0.15, 0.2) is 18.2 Å². The summed E-state index contributed by atoms with van der Waals surface area (Å²) >= 11 is 4.98. The SMILES string of the molecule is CCOCCN(CCOCC)c1cccc(F)c1C(N)=S. The second kappa shape index (κ2) is 9.65. The summed E-state index contributed by atoms with van der Waals surface area (Å²) < 4.78 is 24.7. The van der Waals surface area contributed by atoms with E-state index in [2.05, 4.69) is 0 Å². The van der Waals surface area contributed by atoms with Crippen molar-refractivity contribution in [1.82, 2.24) is 0 Å². The Kier molecular flexibility index (Phi) is 8.19. The number of hydrogen-bond donors (Lipinski definition) is 1. The van der Waals surface area contributed by atoms with Crippen LogP contribution in [0, 0.1) is 5.82 Å². The molecule has 0 spiro atoms. The van der Waals surface area contributed by atoms with E-state index in [4.69, 9.17) is 27.4 Å². The number of halogens is 1. The highest BCUT2D eigenvalue weighted by atomic mass is 32.1. The maximum Gasteiger partial charge on any atom is 0.135 e. The number of hydrogen-bond acceptors (Lipinski definition) is 4. The molecule has 21 heavy (non-hydrogen) atoms. The maximum absolute atomic E-state index is 14.0. The molecule has 6 heteroatoms. The molecule has 1 aromatic rings. The molecule has 0 saturated heterocycles. The van der Waals surface area contributed by atoms with E-state index in [1.165, 1.54) is 6.07 Å². The topological polar surface area (TPSA) is 47.7 Å². The van der Waals surface area contributed by atoms with Gasteiger partial charge in [-0.05, 0) is 26.0 Å². The number of anilines is 1. The van der Waals surface area contributed by atoms with E-state index in [0.717, 1.165) is 0 Å². The van der Waals surface area contributed by atoms with Gasteiger partial charge in [0.05, 0.1) is 24.5 Å². The van der Waals surface area contributed by atoms with E-state index in [1.54, 1.807) is 6.07 Å². The normalized spacial score (nSPS) is 10.6. The van der Waals surface area contributed by atoms with E-state index in [9.17, 15) is 4.39 Å². The smallest absolute Gasteiger partial charge is 0.135 e. The summed E-state index contributed by atoms with van der Waals surface area (Å²) in [5, 5.41) is 0. The standard InChI is InChI=1S/C15H23FN2O2S/c1-3-19-10-8-18(9-11-20-4-2)13-7-5-6-12(16)14(13)15(17)21/h5-7H,3-4,8-11H2,1-2H3,(H2,17,21). The molecule has 0 aliphatic heterocycles. The minimum absolute atomic E-state index is 0.0564. The molecule has 0 aliphatic rings. The van der Waals surface area contributed by atoms with Crippen molar-refractivity contribution in [3.63, 3.8) is 0 Å². The highest BCUT2D eigenvalue weighted by Crippen LogP contribution is 2.23. The fraction of sp³-hybridized carbons (Fsp3) is 0.533. The van der Waals surface area contributed by atoms with Crippen LogP contribution in [0.3, 0.4) is 0 Å². The monoisotopic (exact) mass is 314 g/mol. The van der Waals surface area contributed by atoms with Gasteiger partial charge < -0.3 is 20.1 Å². The van der Waals surface area contributed by atoms with Gasteiger partial charge in [0.15, 0.2) is 0 Å². The van der Waals surface area contributed by atoms with Gasteiger partial charge in [0, 0.05) is 26.3 Å². The zero-order valence-electron chi connectivity index (χ0n) is 12.6. The molecule has 4 nitrogen and oxygen atoms in total. The molecule has 0 radical (unpaired) electrons. The lowest BCUT2D eigenvalue weighted by molar-refractivity contribution is 0.141. The number of nitrogens with zero attached hydrogens (tertiary/aromatic N) is 1.